The van der Waals surface area contributed by atoms with E-state index in [0.29, 0.717) is 22.6 Å². The SMILES string of the molecule is NC(c1ccc2c(c1)OCO2)c1cc2cccc(F)c2o1. The Labute approximate surface area is 119 Å². The Morgan fingerprint density at radius 2 is 1.90 bits per heavy atom. The number of ether oxygens (including phenoxy) is 2. The summed E-state index contributed by atoms with van der Waals surface area (Å²) in [4.78, 5) is 0. The van der Waals surface area contributed by atoms with Crippen molar-refractivity contribution in [3.8, 4) is 11.5 Å². The minimum Gasteiger partial charge on any atom is -0.456 e. The van der Waals surface area contributed by atoms with Crippen LogP contribution in [-0.4, -0.2) is 6.79 Å². The fourth-order valence-corrected chi connectivity index (χ4v) is 2.47. The predicted molar refractivity (Wildman–Crippen MR) is 74.8 cm³/mol. The molecule has 1 aromatic heterocycles. The average Bonchev–Trinajstić information content (AvgIpc) is 3.12. The lowest BCUT2D eigenvalue weighted by Gasteiger charge is -2.09. The maximum Gasteiger partial charge on any atom is 0.231 e. The molecule has 0 radical (unpaired) electrons. The number of rotatable bonds is 2. The van der Waals surface area contributed by atoms with Gasteiger partial charge in [-0.15, -0.1) is 0 Å². The molecule has 5 heteroatoms. The molecule has 4 rings (SSSR count). The van der Waals surface area contributed by atoms with Gasteiger partial charge in [-0.25, -0.2) is 4.39 Å². The van der Waals surface area contributed by atoms with Crippen molar-refractivity contribution in [2.24, 2.45) is 5.73 Å². The van der Waals surface area contributed by atoms with Crippen molar-refractivity contribution >= 4 is 11.0 Å². The average molecular weight is 285 g/mol. The maximum atomic E-state index is 13.7. The van der Waals surface area contributed by atoms with Crippen LogP contribution in [0.2, 0.25) is 0 Å². The molecule has 3 aromatic rings. The van der Waals surface area contributed by atoms with Crippen LogP contribution >= 0.6 is 0 Å². The van der Waals surface area contributed by atoms with Gasteiger partial charge in [-0.1, -0.05) is 18.2 Å². The summed E-state index contributed by atoms with van der Waals surface area (Å²) in [5, 5.41) is 0.696. The summed E-state index contributed by atoms with van der Waals surface area (Å²) in [5.74, 6) is 1.47. The van der Waals surface area contributed by atoms with Gasteiger partial charge in [-0.05, 0) is 29.8 Å². The number of halogens is 1. The highest BCUT2D eigenvalue weighted by molar-refractivity contribution is 5.78. The summed E-state index contributed by atoms with van der Waals surface area (Å²) in [5.41, 5.74) is 7.26. The zero-order valence-electron chi connectivity index (χ0n) is 11.0. The molecule has 0 fully saturated rings. The van der Waals surface area contributed by atoms with E-state index in [-0.39, 0.29) is 12.4 Å². The second-order valence-electron chi connectivity index (χ2n) is 4.90. The van der Waals surface area contributed by atoms with Crippen LogP contribution in [0.5, 0.6) is 11.5 Å². The van der Waals surface area contributed by atoms with E-state index in [1.54, 1.807) is 24.3 Å². The smallest absolute Gasteiger partial charge is 0.231 e. The molecular formula is C16H12FNO3. The third-order valence-electron chi connectivity index (χ3n) is 3.58. The van der Waals surface area contributed by atoms with E-state index in [2.05, 4.69) is 0 Å². The molecular weight excluding hydrogens is 273 g/mol. The van der Waals surface area contributed by atoms with Gasteiger partial charge in [0.2, 0.25) is 6.79 Å². The Morgan fingerprint density at radius 3 is 2.76 bits per heavy atom. The quantitative estimate of drug-likeness (QED) is 0.784. The highest BCUT2D eigenvalue weighted by Gasteiger charge is 2.20. The number of nitrogens with two attached hydrogens (primary N) is 1. The molecule has 106 valence electrons. The minimum atomic E-state index is -0.494. The number of furan rings is 1. The summed E-state index contributed by atoms with van der Waals surface area (Å²) in [6.07, 6.45) is 0. The number of benzene rings is 2. The molecule has 1 unspecified atom stereocenters. The maximum absolute atomic E-state index is 13.7. The van der Waals surface area contributed by atoms with Crippen LogP contribution in [0.1, 0.15) is 17.4 Å². The molecule has 2 N–H and O–H groups in total. The van der Waals surface area contributed by atoms with Gasteiger partial charge < -0.3 is 19.6 Å². The lowest BCUT2D eigenvalue weighted by Crippen LogP contribution is -2.10. The van der Waals surface area contributed by atoms with Gasteiger partial charge in [-0.2, -0.15) is 0 Å². The van der Waals surface area contributed by atoms with E-state index in [4.69, 9.17) is 19.6 Å². The van der Waals surface area contributed by atoms with Crippen LogP contribution in [0.15, 0.2) is 46.9 Å². The van der Waals surface area contributed by atoms with E-state index < -0.39 is 11.9 Å². The number of fused-ring (bicyclic) bond motifs is 2. The topological polar surface area (TPSA) is 57.6 Å². The lowest BCUT2D eigenvalue weighted by atomic mass is 10.0. The summed E-state index contributed by atoms with van der Waals surface area (Å²) >= 11 is 0. The monoisotopic (exact) mass is 285 g/mol. The molecule has 21 heavy (non-hydrogen) atoms. The van der Waals surface area contributed by atoms with Gasteiger partial charge in [0.15, 0.2) is 22.9 Å². The fraction of sp³-hybridized carbons (Fsp3) is 0.125. The van der Waals surface area contributed by atoms with Crippen molar-refractivity contribution in [3.05, 3.63) is 59.6 Å². The highest BCUT2D eigenvalue weighted by Crippen LogP contribution is 2.36. The Kier molecular flexibility index (Phi) is 2.62. The number of para-hydroxylation sites is 1. The molecule has 2 aromatic carbocycles. The minimum absolute atomic E-state index is 0.212. The Hall–Kier alpha value is -2.53. The molecule has 2 heterocycles. The molecule has 0 spiro atoms. The first-order chi connectivity index (χ1) is 10.2. The number of hydrogen-bond donors (Lipinski definition) is 1. The third-order valence-corrected chi connectivity index (χ3v) is 3.58. The van der Waals surface area contributed by atoms with Gasteiger partial charge in [0.05, 0.1) is 6.04 Å². The molecule has 1 aliphatic rings. The molecule has 1 atom stereocenters. The summed E-state index contributed by atoms with van der Waals surface area (Å²) in [6.45, 7) is 0.212. The number of hydrogen-bond acceptors (Lipinski definition) is 4. The first kappa shape index (κ1) is 12.2. The van der Waals surface area contributed by atoms with E-state index >= 15 is 0 Å². The van der Waals surface area contributed by atoms with Crippen LogP contribution in [0, 0.1) is 5.82 Å². The molecule has 0 amide bonds. The van der Waals surface area contributed by atoms with Crippen molar-refractivity contribution in [2.45, 2.75) is 6.04 Å². The van der Waals surface area contributed by atoms with Gasteiger partial charge in [0.1, 0.15) is 5.76 Å². The molecule has 1 aliphatic heterocycles. The first-order valence-electron chi connectivity index (χ1n) is 6.55. The second-order valence-corrected chi connectivity index (χ2v) is 4.90. The Balaban J connectivity index is 1.75. The van der Waals surface area contributed by atoms with Gasteiger partial charge >= 0.3 is 0 Å². The zero-order valence-corrected chi connectivity index (χ0v) is 11.0. The molecule has 0 bridgehead atoms. The van der Waals surface area contributed by atoms with Gasteiger partial charge in [0.25, 0.3) is 0 Å². The molecule has 0 saturated heterocycles. The van der Waals surface area contributed by atoms with Crippen molar-refractivity contribution in [1.29, 1.82) is 0 Å². The first-order valence-corrected chi connectivity index (χ1v) is 6.55. The molecule has 4 nitrogen and oxygen atoms in total. The van der Waals surface area contributed by atoms with Crippen molar-refractivity contribution in [3.63, 3.8) is 0 Å². The van der Waals surface area contributed by atoms with Crippen LogP contribution in [0.4, 0.5) is 4.39 Å². The van der Waals surface area contributed by atoms with Crippen molar-refractivity contribution < 1.29 is 18.3 Å². The van der Waals surface area contributed by atoms with E-state index in [1.165, 1.54) is 6.07 Å². The largest absolute Gasteiger partial charge is 0.456 e. The standard InChI is InChI=1S/C16H12FNO3/c17-11-3-1-2-10-7-14(21-16(10)11)15(18)9-4-5-12-13(6-9)20-8-19-12/h1-7,15H,8,18H2. The molecule has 0 aliphatic carbocycles. The Morgan fingerprint density at radius 1 is 1.05 bits per heavy atom. The van der Waals surface area contributed by atoms with E-state index in [0.717, 1.165) is 5.56 Å². The lowest BCUT2D eigenvalue weighted by molar-refractivity contribution is 0.174. The fourth-order valence-electron chi connectivity index (χ4n) is 2.47. The van der Waals surface area contributed by atoms with Crippen molar-refractivity contribution in [1.82, 2.24) is 0 Å². The molecule has 0 saturated carbocycles. The Bertz CT molecular complexity index is 828. The van der Waals surface area contributed by atoms with Crippen LogP contribution in [0.25, 0.3) is 11.0 Å². The summed E-state index contributed by atoms with van der Waals surface area (Å²) < 4.78 is 29.8. The summed E-state index contributed by atoms with van der Waals surface area (Å²) in [6, 6.07) is 11.5. The van der Waals surface area contributed by atoms with E-state index in [1.807, 2.05) is 12.1 Å². The van der Waals surface area contributed by atoms with E-state index in [9.17, 15) is 4.39 Å². The third kappa shape index (κ3) is 1.94. The normalized spacial score (nSPS) is 14.6. The van der Waals surface area contributed by atoms with Crippen LogP contribution < -0.4 is 15.2 Å². The summed E-state index contributed by atoms with van der Waals surface area (Å²) in [7, 11) is 0. The van der Waals surface area contributed by atoms with Gasteiger partial charge in [0, 0.05) is 5.39 Å². The van der Waals surface area contributed by atoms with Crippen LogP contribution in [0.3, 0.4) is 0 Å². The predicted octanol–water partition coefficient (Wildman–Crippen LogP) is 3.35. The van der Waals surface area contributed by atoms with Crippen molar-refractivity contribution in [2.75, 3.05) is 6.79 Å². The van der Waals surface area contributed by atoms with Gasteiger partial charge in [-0.3, -0.25) is 0 Å². The highest BCUT2D eigenvalue weighted by atomic mass is 19.1. The second kappa shape index (κ2) is 4.49. The zero-order chi connectivity index (χ0) is 14.4. The van der Waals surface area contributed by atoms with Crippen LogP contribution in [-0.2, 0) is 0 Å².